The molecule has 0 saturated carbocycles. The first-order valence-electron chi connectivity index (χ1n) is 8.07. The fraction of sp³-hybridized carbons (Fsp3) is 1.00. The molecule has 0 aromatic heterocycles. The number of nitrogens with one attached hydrogen (secondary N) is 1. The lowest BCUT2D eigenvalue weighted by molar-refractivity contribution is -0.0942. The van der Waals surface area contributed by atoms with E-state index in [0.717, 1.165) is 51.7 Å². The van der Waals surface area contributed by atoms with Crippen molar-refractivity contribution in [2.45, 2.75) is 77.9 Å². The monoisotopic (exact) mass is 271 g/mol. The van der Waals surface area contributed by atoms with Gasteiger partial charge in [-0.1, -0.05) is 27.7 Å². The highest BCUT2D eigenvalue weighted by Crippen LogP contribution is 2.32. The Kier molecular flexibility index (Phi) is 6.78. The summed E-state index contributed by atoms with van der Waals surface area (Å²) in [6.07, 6.45) is 6.44. The van der Waals surface area contributed by atoms with Crippen LogP contribution in [0.15, 0.2) is 0 Å². The van der Waals surface area contributed by atoms with Crippen LogP contribution >= 0.6 is 0 Å². The van der Waals surface area contributed by atoms with Gasteiger partial charge in [-0.15, -0.1) is 0 Å². The number of aliphatic hydroxyl groups excluding tert-OH is 1. The topological polar surface area (TPSA) is 41.5 Å². The molecule has 0 bridgehead atoms. The van der Waals surface area contributed by atoms with Gasteiger partial charge in [0.1, 0.15) is 0 Å². The minimum absolute atomic E-state index is 0.0550. The summed E-state index contributed by atoms with van der Waals surface area (Å²) >= 11 is 0. The number of hydrogen-bond donors (Lipinski definition) is 2. The zero-order valence-corrected chi connectivity index (χ0v) is 13.3. The average molecular weight is 271 g/mol. The van der Waals surface area contributed by atoms with E-state index in [1.165, 1.54) is 0 Å². The Morgan fingerprint density at radius 1 is 1.21 bits per heavy atom. The molecule has 3 nitrogen and oxygen atoms in total. The van der Waals surface area contributed by atoms with Crippen LogP contribution in [-0.2, 0) is 4.74 Å². The van der Waals surface area contributed by atoms with Crippen molar-refractivity contribution >= 4 is 0 Å². The summed E-state index contributed by atoms with van der Waals surface area (Å²) in [7, 11) is 0. The van der Waals surface area contributed by atoms with Crippen molar-refractivity contribution < 1.29 is 9.84 Å². The Hall–Kier alpha value is -0.120. The zero-order chi connectivity index (χ0) is 14.4. The van der Waals surface area contributed by atoms with Crippen LogP contribution in [0.2, 0.25) is 0 Å². The molecule has 1 heterocycles. The van der Waals surface area contributed by atoms with Crippen LogP contribution in [0, 0.1) is 5.41 Å². The standard InChI is InChI=1S/C16H33NO2/c1-5-15(6-2,13-18)12-17-14-9-10-19-16(7-3,8-4)11-14/h14,17-18H,5-13H2,1-4H3. The van der Waals surface area contributed by atoms with E-state index < -0.39 is 0 Å². The summed E-state index contributed by atoms with van der Waals surface area (Å²) in [6.45, 7) is 10.9. The molecular formula is C16H33NO2. The maximum absolute atomic E-state index is 9.64. The third-order valence-electron chi connectivity index (χ3n) is 5.38. The number of aliphatic hydroxyl groups is 1. The van der Waals surface area contributed by atoms with E-state index >= 15 is 0 Å². The van der Waals surface area contributed by atoms with Gasteiger partial charge in [0, 0.05) is 31.2 Å². The van der Waals surface area contributed by atoms with Crippen LogP contribution in [0.3, 0.4) is 0 Å². The lowest BCUT2D eigenvalue weighted by atomic mass is 9.81. The number of hydrogen-bond acceptors (Lipinski definition) is 3. The molecule has 0 spiro atoms. The van der Waals surface area contributed by atoms with E-state index in [1.54, 1.807) is 0 Å². The predicted molar refractivity (Wildman–Crippen MR) is 80.4 cm³/mol. The molecule has 1 aliphatic heterocycles. The molecule has 3 heteroatoms. The van der Waals surface area contributed by atoms with Crippen LogP contribution in [0.4, 0.5) is 0 Å². The van der Waals surface area contributed by atoms with Gasteiger partial charge in [0.05, 0.1) is 5.60 Å². The van der Waals surface area contributed by atoms with Crippen molar-refractivity contribution in [2.24, 2.45) is 5.41 Å². The molecule has 0 aliphatic carbocycles. The van der Waals surface area contributed by atoms with E-state index in [-0.39, 0.29) is 17.6 Å². The third-order valence-corrected chi connectivity index (χ3v) is 5.38. The maximum atomic E-state index is 9.64. The first-order valence-corrected chi connectivity index (χ1v) is 8.07. The molecule has 1 unspecified atom stereocenters. The molecule has 2 N–H and O–H groups in total. The first-order chi connectivity index (χ1) is 9.09. The summed E-state index contributed by atoms with van der Waals surface area (Å²) in [5.74, 6) is 0. The molecule has 0 radical (unpaired) electrons. The summed E-state index contributed by atoms with van der Waals surface area (Å²) < 4.78 is 6.02. The highest BCUT2D eigenvalue weighted by molar-refractivity contribution is 4.89. The molecule has 1 saturated heterocycles. The highest BCUT2D eigenvalue weighted by atomic mass is 16.5. The molecule has 1 aliphatic rings. The Bertz CT molecular complexity index is 239. The summed E-state index contributed by atoms with van der Waals surface area (Å²) in [5, 5.41) is 13.3. The van der Waals surface area contributed by atoms with Crippen molar-refractivity contribution in [3.63, 3.8) is 0 Å². The van der Waals surface area contributed by atoms with Gasteiger partial charge in [0.2, 0.25) is 0 Å². The van der Waals surface area contributed by atoms with Gasteiger partial charge in [-0.3, -0.25) is 0 Å². The fourth-order valence-electron chi connectivity index (χ4n) is 3.09. The van der Waals surface area contributed by atoms with E-state index in [0.29, 0.717) is 6.04 Å². The molecule has 1 fully saturated rings. The maximum Gasteiger partial charge on any atom is 0.0692 e. The minimum Gasteiger partial charge on any atom is -0.396 e. The van der Waals surface area contributed by atoms with Crippen LogP contribution < -0.4 is 5.32 Å². The Balaban J connectivity index is 2.53. The molecule has 19 heavy (non-hydrogen) atoms. The van der Waals surface area contributed by atoms with Gasteiger partial charge in [-0.05, 0) is 38.5 Å². The SMILES string of the molecule is CCC(CC)(CO)CNC1CCOC(CC)(CC)C1. The molecule has 1 rings (SSSR count). The van der Waals surface area contributed by atoms with Crippen LogP contribution in [0.1, 0.15) is 66.2 Å². The zero-order valence-electron chi connectivity index (χ0n) is 13.3. The van der Waals surface area contributed by atoms with Crippen LogP contribution in [0.5, 0.6) is 0 Å². The van der Waals surface area contributed by atoms with Gasteiger partial charge in [0.15, 0.2) is 0 Å². The molecular weight excluding hydrogens is 238 g/mol. The van der Waals surface area contributed by atoms with Gasteiger partial charge in [0.25, 0.3) is 0 Å². The fourth-order valence-corrected chi connectivity index (χ4v) is 3.09. The molecule has 0 aromatic rings. The van der Waals surface area contributed by atoms with Crippen molar-refractivity contribution in [3.05, 3.63) is 0 Å². The van der Waals surface area contributed by atoms with Crippen molar-refractivity contribution in [2.75, 3.05) is 19.8 Å². The van der Waals surface area contributed by atoms with E-state index in [2.05, 4.69) is 33.0 Å². The van der Waals surface area contributed by atoms with Crippen molar-refractivity contribution in [1.29, 1.82) is 0 Å². The van der Waals surface area contributed by atoms with Gasteiger partial charge in [-0.2, -0.15) is 0 Å². The number of ether oxygens (including phenoxy) is 1. The number of rotatable bonds is 8. The van der Waals surface area contributed by atoms with E-state index in [1.807, 2.05) is 0 Å². The molecule has 0 aromatic carbocycles. The lowest BCUT2D eigenvalue weighted by Crippen LogP contribution is -2.49. The van der Waals surface area contributed by atoms with Crippen molar-refractivity contribution in [3.8, 4) is 0 Å². The quantitative estimate of drug-likeness (QED) is 0.713. The van der Waals surface area contributed by atoms with Crippen molar-refractivity contribution in [1.82, 2.24) is 5.32 Å². The van der Waals surface area contributed by atoms with Gasteiger partial charge in [-0.25, -0.2) is 0 Å². The first kappa shape index (κ1) is 16.9. The molecule has 0 amide bonds. The summed E-state index contributed by atoms with van der Waals surface area (Å²) in [4.78, 5) is 0. The van der Waals surface area contributed by atoms with Crippen LogP contribution in [0.25, 0.3) is 0 Å². The second kappa shape index (κ2) is 7.61. The molecule has 114 valence electrons. The van der Waals surface area contributed by atoms with Gasteiger partial charge < -0.3 is 15.2 Å². The van der Waals surface area contributed by atoms with Crippen LogP contribution in [-0.4, -0.2) is 36.5 Å². The predicted octanol–water partition coefficient (Wildman–Crippen LogP) is 3.11. The third kappa shape index (κ3) is 4.17. The summed E-state index contributed by atoms with van der Waals surface area (Å²) in [5.41, 5.74) is 0.135. The van der Waals surface area contributed by atoms with E-state index in [4.69, 9.17) is 4.74 Å². The van der Waals surface area contributed by atoms with Gasteiger partial charge >= 0.3 is 0 Å². The second-order valence-corrected chi connectivity index (χ2v) is 6.17. The molecule has 1 atom stereocenters. The smallest absolute Gasteiger partial charge is 0.0692 e. The van der Waals surface area contributed by atoms with E-state index in [9.17, 15) is 5.11 Å². The summed E-state index contributed by atoms with van der Waals surface area (Å²) in [6, 6.07) is 0.540. The Labute approximate surface area is 119 Å². The normalized spacial score (nSPS) is 23.5. The second-order valence-electron chi connectivity index (χ2n) is 6.17. The highest BCUT2D eigenvalue weighted by Gasteiger charge is 2.35. The minimum atomic E-state index is 0.0550. The Morgan fingerprint density at radius 3 is 2.32 bits per heavy atom. The Morgan fingerprint density at radius 2 is 1.84 bits per heavy atom. The lowest BCUT2D eigenvalue weighted by Gasteiger charge is -2.41. The average Bonchev–Trinajstić information content (AvgIpc) is 2.49. The largest absolute Gasteiger partial charge is 0.396 e.